The molecule has 0 spiro atoms. The smallest absolute Gasteiger partial charge is 0.408 e. The van der Waals surface area contributed by atoms with Gasteiger partial charge in [0.1, 0.15) is 23.9 Å². The Morgan fingerprint density at radius 2 is 1.74 bits per heavy atom. The van der Waals surface area contributed by atoms with E-state index in [1.807, 2.05) is 6.20 Å². The van der Waals surface area contributed by atoms with Crippen molar-refractivity contribution in [1.82, 2.24) is 40.1 Å². The maximum absolute atomic E-state index is 15.2. The highest BCUT2D eigenvalue weighted by atomic mass is 16.6. The molecule has 18 heteroatoms. The van der Waals surface area contributed by atoms with Crippen LogP contribution in [-0.4, -0.2) is 155 Å². The standard InChI is InChI=1S/C58H81N9O9/c1-35(71-9)47-43(29-40(32-59-47)64-21-19-63(20-22-64)38-13-14-38)50-44-31-57(5,6)34-74-54(69)48-37-26-39(27-37)67(62-48)53(68)49(61-55(70)76-56(2,3)4)51(65-17-10-11-18-65)45-33-73-52(60-45)36-12-15-46(42(44)28-36)66(50)23-25-72-41-16-24-75-58(7,8)30-41/h12,15,28-29,32-33,35,37-39,41,48-49,51,62H,10-11,13-14,16-27,30-31,34H2,1-9H3,(H,61,70)/t35-,37?,39?,41-,48-,49-,51?/m0/s1. The number of amides is 2. The molecule has 7 fully saturated rings. The summed E-state index contributed by atoms with van der Waals surface area (Å²) in [4.78, 5) is 61.4. The molecule has 412 valence electrons. The number of alkyl carbamates (subject to hydrolysis) is 1. The van der Waals surface area contributed by atoms with Crippen molar-refractivity contribution < 1.29 is 42.5 Å². The van der Waals surface area contributed by atoms with Crippen LogP contribution in [0.25, 0.3) is 33.6 Å². The Morgan fingerprint density at radius 1 is 0.974 bits per heavy atom. The molecule has 2 aliphatic carbocycles. The number of ether oxygens (including phenoxy) is 5. The van der Waals surface area contributed by atoms with Crippen LogP contribution in [0.2, 0.25) is 0 Å². The number of carbonyl (C=O) groups is 3. The molecular formula is C58H81N9O9. The number of hydrogen-bond donors (Lipinski definition) is 2. The number of piperazine rings is 1. The molecule has 2 N–H and O–H groups in total. The highest BCUT2D eigenvalue weighted by Crippen LogP contribution is 2.45. The Bertz CT molecular complexity index is 2780. The van der Waals surface area contributed by atoms with E-state index in [1.165, 1.54) is 12.8 Å². The van der Waals surface area contributed by atoms with Crippen molar-refractivity contribution in [1.29, 1.82) is 0 Å². The molecule has 0 radical (unpaired) electrons. The summed E-state index contributed by atoms with van der Waals surface area (Å²) >= 11 is 0. The number of nitrogens with zero attached hydrogens (tertiary/aromatic N) is 7. The third-order valence-corrected chi connectivity index (χ3v) is 17.0. The van der Waals surface area contributed by atoms with Crippen molar-refractivity contribution in [3.63, 3.8) is 0 Å². The van der Waals surface area contributed by atoms with E-state index in [4.69, 9.17) is 38.1 Å². The van der Waals surface area contributed by atoms with Crippen LogP contribution in [0.4, 0.5) is 10.5 Å². The lowest BCUT2D eigenvalue weighted by molar-refractivity contribution is -0.171. The van der Waals surface area contributed by atoms with Gasteiger partial charge in [-0.15, -0.1) is 0 Å². The largest absolute Gasteiger partial charge is 0.464 e. The van der Waals surface area contributed by atoms with E-state index >= 15 is 4.79 Å². The highest BCUT2D eigenvalue weighted by molar-refractivity contribution is 5.95. The fraction of sp³-hybridized carbons (Fsp3) is 0.672. The zero-order chi connectivity index (χ0) is 53.3. The van der Waals surface area contributed by atoms with Gasteiger partial charge in [0.25, 0.3) is 5.91 Å². The molecule has 8 aliphatic rings. The van der Waals surface area contributed by atoms with Crippen LogP contribution >= 0.6 is 0 Å². The number of likely N-dealkylation sites (tertiary alicyclic amines) is 1. The number of aromatic nitrogens is 3. The normalized spacial score (nSPS) is 27.7. The van der Waals surface area contributed by atoms with Crippen LogP contribution in [0.1, 0.15) is 136 Å². The number of nitrogens with one attached hydrogen (secondary N) is 2. The lowest BCUT2D eigenvalue weighted by Crippen LogP contribution is -2.72. The number of methoxy groups -OCH3 is 1. The van der Waals surface area contributed by atoms with Crippen molar-refractivity contribution in [2.24, 2.45) is 11.3 Å². The van der Waals surface area contributed by atoms with Crippen LogP contribution in [0.3, 0.4) is 0 Å². The van der Waals surface area contributed by atoms with Gasteiger partial charge in [-0.1, -0.05) is 13.8 Å². The predicted octanol–water partition coefficient (Wildman–Crippen LogP) is 7.97. The summed E-state index contributed by atoms with van der Waals surface area (Å²) in [6, 6.07) is 6.64. The van der Waals surface area contributed by atoms with Crippen LogP contribution in [0.15, 0.2) is 41.1 Å². The predicted molar refractivity (Wildman–Crippen MR) is 287 cm³/mol. The first-order chi connectivity index (χ1) is 36.3. The summed E-state index contributed by atoms with van der Waals surface area (Å²) in [6.45, 7) is 23.0. The van der Waals surface area contributed by atoms with Gasteiger partial charge in [-0.3, -0.25) is 29.4 Å². The molecule has 76 heavy (non-hydrogen) atoms. The Hall–Kier alpha value is -5.11. The summed E-state index contributed by atoms with van der Waals surface area (Å²) in [5.41, 5.74) is 8.91. The van der Waals surface area contributed by atoms with Crippen molar-refractivity contribution in [2.75, 3.05) is 71.1 Å². The zero-order valence-electron chi connectivity index (χ0n) is 46.3. The number of hydrogen-bond acceptors (Lipinski definition) is 15. The van der Waals surface area contributed by atoms with Gasteiger partial charge in [0, 0.05) is 92.4 Å². The summed E-state index contributed by atoms with van der Waals surface area (Å²) in [7, 11) is 1.73. The summed E-state index contributed by atoms with van der Waals surface area (Å²) in [5.74, 6) is -0.391. The van der Waals surface area contributed by atoms with E-state index in [0.717, 1.165) is 96.5 Å². The first-order valence-electron chi connectivity index (χ1n) is 28.2. The second-order valence-electron chi connectivity index (χ2n) is 25.1. The minimum absolute atomic E-state index is 0.00455. The zero-order valence-corrected chi connectivity index (χ0v) is 46.3. The number of oxazole rings is 1. The van der Waals surface area contributed by atoms with Gasteiger partial charge in [0.15, 0.2) is 0 Å². The van der Waals surface area contributed by atoms with E-state index in [0.29, 0.717) is 69.7 Å². The van der Waals surface area contributed by atoms with Gasteiger partial charge in [-0.2, -0.15) is 0 Å². The van der Waals surface area contributed by atoms with Crippen molar-refractivity contribution >= 4 is 34.6 Å². The van der Waals surface area contributed by atoms with Gasteiger partial charge < -0.3 is 42.9 Å². The maximum atomic E-state index is 15.2. The molecule has 12 rings (SSSR count). The molecule has 1 unspecified atom stereocenters. The molecule has 2 saturated carbocycles. The quantitative estimate of drug-likeness (QED) is 0.138. The average molecular weight is 1050 g/mol. The number of anilines is 1. The third kappa shape index (κ3) is 11.0. The second kappa shape index (κ2) is 20.9. The first-order valence-corrected chi connectivity index (χ1v) is 28.2. The number of rotatable bonds is 11. The molecule has 4 aromatic rings. The molecule has 1 aromatic carbocycles. The van der Waals surface area contributed by atoms with Crippen molar-refractivity contribution in [2.45, 2.75) is 173 Å². The first kappa shape index (κ1) is 52.9. The van der Waals surface area contributed by atoms with Crippen LogP contribution < -0.4 is 15.6 Å². The Labute approximate surface area is 447 Å². The number of cyclic esters (lactones) is 1. The molecule has 9 heterocycles. The van der Waals surface area contributed by atoms with Gasteiger partial charge in [0.05, 0.1) is 66.0 Å². The molecule has 3 aromatic heterocycles. The second-order valence-corrected chi connectivity index (χ2v) is 25.1. The Kier molecular flexibility index (Phi) is 14.6. The fourth-order valence-corrected chi connectivity index (χ4v) is 12.8. The summed E-state index contributed by atoms with van der Waals surface area (Å²) < 4.78 is 40.1. The van der Waals surface area contributed by atoms with Crippen molar-refractivity contribution in [3.8, 4) is 22.7 Å². The van der Waals surface area contributed by atoms with Gasteiger partial charge in [-0.25, -0.2) is 15.2 Å². The number of pyridine rings is 1. The number of hydrazine groups is 1. The lowest BCUT2D eigenvalue weighted by Gasteiger charge is -2.53. The SMILES string of the molecule is CO[C@@H](C)c1ncc(N2CCN(C3CC3)CC2)cc1-c1c2c3cc(ccc3n1CCO[C@H]1CCOC(C)(C)C1)-c1nc(co1)C(N1CCCC1)[C@H](NC(=O)OC(C)(C)C)C(=O)N1N[C@H](C(=O)OCC(C)(C)C2)C2CC1C2. The molecule has 5 atom stereocenters. The number of esters is 1. The molecule has 5 saturated heterocycles. The van der Waals surface area contributed by atoms with E-state index < -0.39 is 41.2 Å². The molecule has 8 bridgehead atoms. The number of carbonyl (C=O) groups excluding carboxylic acids is 3. The van der Waals surface area contributed by atoms with Gasteiger partial charge >= 0.3 is 12.1 Å². The molecule has 6 aliphatic heterocycles. The third-order valence-electron chi connectivity index (χ3n) is 17.0. The summed E-state index contributed by atoms with van der Waals surface area (Å²) in [6.07, 6.45) is 10.5. The minimum atomic E-state index is -1.14. The van der Waals surface area contributed by atoms with E-state index in [9.17, 15) is 9.59 Å². The molecule has 18 nitrogen and oxygen atoms in total. The van der Waals surface area contributed by atoms with Crippen LogP contribution in [0, 0.1) is 11.3 Å². The lowest BCUT2D eigenvalue weighted by atomic mass is 9.73. The average Bonchev–Trinajstić information content (AvgIpc) is 3.72. The topological polar surface area (TPSA) is 178 Å². The maximum Gasteiger partial charge on any atom is 0.408 e. The fourth-order valence-electron chi connectivity index (χ4n) is 12.8. The van der Waals surface area contributed by atoms with Crippen LogP contribution in [-0.2, 0) is 46.2 Å². The highest BCUT2D eigenvalue weighted by Gasteiger charge is 2.53. The number of fused-ring (bicyclic) bond motifs is 4. The van der Waals surface area contributed by atoms with E-state index in [1.54, 1.807) is 39.2 Å². The van der Waals surface area contributed by atoms with Gasteiger partial charge in [-0.05, 0) is 142 Å². The van der Waals surface area contributed by atoms with E-state index in [-0.39, 0.29) is 42.3 Å². The number of benzene rings is 1. The van der Waals surface area contributed by atoms with Gasteiger partial charge in [0.2, 0.25) is 5.89 Å². The van der Waals surface area contributed by atoms with Crippen LogP contribution in [0.5, 0.6) is 0 Å². The Morgan fingerprint density at radius 3 is 2.45 bits per heavy atom. The summed E-state index contributed by atoms with van der Waals surface area (Å²) in [5, 5.41) is 5.57. The molecular weight excluding hydrogens is 967 g/mol. The molecule has 2 amide bonds. The Balaban J connectivity index is 1.07. The van der Waals surface area contributed by atoms with Crippen molar-refractivity contribution in [3.05, 3.63) is 53.7 Å². The monoisotopic (exact) mass is 1050 g/mol. The van der Waals surface area contributed by atoms with E-state index in [2.05, 4.69) is 88.9 Å². The minimum Gasteiger partial charge on any atom is -0.464 e.